The molecule has 0 spiro atoms. The maximum Gasteiger partial charge on any atom is 0.407 e. The van der Waals surface area contributed by atoms with Gasteiger partial charge >= 0.3 is 6.09 Å². The van der Waals surface area contributed by atoms with Gasteiger partial charge in [-0.25, -0.2) is 4.79 Å². The van der Waals surface area contributed by atoms with E-state index in [-0.39, 0.29) is 11.8 Å². The molecule has 7 nitrogen and oxygen atoms in total. The Morgan fingerprint density at radius 1 is 1.14 bits per heavy atom. The maximum atomic E-state index is 12.4. The number of carbonyl (C=O) groups is 2. The summed E-state index contributed by atoms with van der Waals surface area (Å²) < 4.78 is 10.9. The van der Waals surface area contributed by atoms with Gasteiger partial charge in [-0.3, -0.25) is 4.79 Å². The molecule has 1 fully saturated rings. The second-order valence-corrected chi connectivity index (χ2v) is 8.37. The highest BCUT2D eigenvalue weighted by Gasteiger charge is 2.25. The molecule has 2 amide bonds. The average Bonchev–Trinajstić information content (AvgIpc) is 2.68. The molecule has 1 heterocycles. The van der Waals surface area contributed by atoms with Crippen molar-refractivity contribution < 1.29 is 19.1 Å². The molecule has 1 aromatic rings. The Morgan fingerprint density at radius 3 is 2.59 bits per heavy atom. The third kappa shape index (κ3) is 9.65. The fourth-order valence-corrected chi connectivity index (χ4v) is 3.28. The number of carbonyl (C=O) groups excluding carboxylic acids is 2. The van der Waals surface area contributed by atoms with Gasteiger partial charge in [0.05, 0.1) is 12.5 Å². The van der Waals surface area contributed by atoms with Crippen LogP contribution in [0, 0.1) is 5.92 Å². The summed E-state index contributed by atoms with van der Waals surface area (Å²) >= 11 is 0. The Morgan fingerprint density at radius 2 is 1.86 bits per heavy atom. The standard InChI is InChI=1S/C22H35N3O4/c1-22(2,3)29-21(27)24-13-12-23-20(26)18-9-7-14-25(17-18)15-8-16-28-19-10-5-4-6-11-19/h4-6,10-11,18H,7-9,12-17H2,1-3H3,(H,23,26)(H,24,27). The van der Waals surface area contributed by atoms with Crippen molar-refractivity contribution in [3.63, 3.8) is 0 Å². The normalized spacial score (nSPS) is 17.4. The zero-order chi connectivity index (χ0) is 21.1. The van der Waals surface area contributed by atoms with E-state index in [1.165, 1.54) is 0 Å². The van der Waals surface area contributed by atoms with Crippen molar-refractivity contribution >= 4 is 12.0 Å². The number of para-hydroxylation sites is 1. The van der Waals surface area contributed by atoms with E-state index in [0.717, 1.165) is 44.6 Å². The molecule has 1 aromatic carbocycles. The van der Waals surface area contributed by atoms with Gasteiger partial charge < -0.3 is 25.0 Å². The molecule has 1 aliphatic heterocycles. The van der Waals surface area contributed by atoms with Crippen LogP contribution in [0.4, 0.5) is 4.79 Å². The van der Waals surface area contributed by atoms with Crippen LogP contribution in [-0.4, -0.2) is 61.8 Å². The first-order valence-corrected chi connectivity index (χ1v) is 10.5. The quantitative estimate of drug-likeness (QED) is 0.618. The van der Waals surface area contributed by atoms with Crippen molar-refractivity contribution in [2.24, 2.45) is 5.92 Å². The molecule has 1 unspecified atom stereocenters. The highest BCUT2D eigenvalue weighted by molar-refractivity contribution is 5.79. The van der Waals surface area contributed by atoms with Gasteiger partial charge in [-0.15, -0.1) is 0 Å². The molecule has 2 rings (SSSR count). The summed E-state index contributed by atoms with van der Waals surface area (Å²) in [5, 5.41) is 5.57. The number of likely N-dealkylation sites (tertiary alicyclic amines) is 1. The minimum Gasteiger partial charge on any atom is -0.494 e. The number of nitrogens with zero attached hydrogens (tertiary/aromatic N) is 1. The molecule has 0 radical (unpaired) electrons. The van der Waals surface area contributed by atoms with E-state index in [9.17, 15) is 9.59 Å². The molecular formula is C22H35N3O4. The van der Waals surface area contributed by atoms with Crippen LogP contribution < -0.4 is 15.4 Å². The zero-order valence-electron chi connectivity index (χ0n) is 17.9. The molecule has 0 aromatic heterocycles. The Bertz CT molecular complexity index is 631. The minimum absolute atomic E-state index is 0.000295. The van der Waals surface area contributed by atoms with E-state index in [2.05, 4.69) is 15.5 Å². The molecule has 29 heavy (non-hydrogen) atoms. The first-order chi connectivity index (χ1) is 13.8. The zero-order valence-corrected chi connectivity index (χ0v) is 17.9. The van der Waals surface area contributed by atoms with Crippen molar-refractivity contribution in [2.45, 2.75) is 45.6 Å². The van der Waals surface area contributed by atoms with Gasteiger partial charge in [-0.05, 0) is 58.7 Å². The van der Waals surface area contributed by atoms with Crippen LogP contribution >= 0.6 is 0 Å². The van der Waals surface area contributed by atoms with Crippen LogP contribution in [0.25, 0.3) is 0 Å². The first kappa shape index (κ1) is 23.0. The van der Waals surface area contributed by atoms with Crippen LogP contribution in [0.2, 0.25) is 0 Å². The molecule has 1 saturated heterocycles. The van der Waals surface area contributed by atoms with Crippen LogP contribution in [0.15, 0.2) is 30.3 Å². The lowest BCUT2D eigenvalue weighted by Crippen LogP contribution is -2.45. The van der Waals surface area contributed by atoms with E-state index < -0.39 is 11.7 Å². The second-order valence-electron chi connectivity index (χ2n) is 8.37. The van der Waals surface area contributed by atoms with Crippen molar-refractivity contribution in [3.8, 4) is 5.75 Å². The Hall–Kier alpha value is -2.28. The summed E-state index contributed by atoms with van der Waals surface area (Å²) in [6.07, 6.45) is 2.40. The highest BCUT2D eigenvalue weighted by Crippen LogP contribution is 2.17. The van der Waals surface area contributed by atoms with Crippen molar-refractivity contribution in [3.05, 3.63) is 30.3 Å². The largest absolute Gasteiger partial charge is 0.494 e. The van der Waals surface area contributed by atoms with Crippen LogP contribution in [0.5, 0.6) is 5.75 Å². The fourth-order valence-electron chi connectivity index (χ4n) is 3.28. The number of ether oxygens (including phenoxy) is 2. The predicted octanol–water partition coefficient (Wildman–Crippen LogP) is 2.81. The van der Waals surface area contributed by atoms with Gasteiger partial charge in [0.1, 0.15) is 11.4 Å². The molecule has 7 heteroatoms. The highest BCUT2D eigenvalue weighted by atomic mass is 16.6. The van der Waals surface area contributed by atoms with Gasteiger partial charge in [-0.2, -0.15) is 0 Å². The molecular weight excluding hydrogens is 370 g/mol. The van der Waals surface area contributed by atoms with E-state index in [1.54, 1.807) is 0 Å². The Kier molecular flexibility index (Phi) is 9.25. The summed E-state index contributed by atoms with van der Waals surface area (Å²) in [5.41, 5.74) is -0.523. The third-order valence-electron chi connectivity index (χ3n) is 4.60. The summed E-state index contributed by atoms with van der Waals surface area (Å²) in [7, 11) is 0. The van der Waals surface area contributed by atoms with E-state index in [1.807, 2.05) is 51.1 Å². The molecule has 1 aliphatic rings. The SMILES string of the molecule is CC(C)(C)OC(=O)NCCNC(=O)C1CCCN(CCCOc2ccccc2)C1. The van der Waals surface area contributed by atoms with Gasteiger partial charge in [0.25, 0.3) is 0 Å². The molecule has 1 atom stereocenters. The Labute approximate surface area is 174 Å². The number of amides is 2. The average molecular weight is 406 g/mol. The topological polar surface area (TPSA) is 79.9 Å². The van der Waals surface area contributed by atoms with Crippen LogP contribution in [0.1, 0.15) is 40.0 Å². The van der Waals surface area contributed by atoms with Gasteiger partial charge in [0, 0.05) is 26.2 Å². The van der Waals surface area contributed by atoms with Crippen molar-refractivity contribution in [2.75, 3.05) is 39.3 Å². The lowest BCUT2D eigenvalue weighted by atomic mass is 9.97. The van der Waals surface area contributed by atoms with Crippen LogP contribution in [0.3, 0.4) is 0 Å². The summed E-state index contributed by atoms with van der Waals surface area (Å²) in [5.74, 6) is 0.949. The molecule has 2 N–H and O–H groups in total. The van der Waals surface area contributed by atoms with Gasteiger partial charge in [-0.1, -0.05) is 18.2 Å². The maximum absolute atomic E-state index is 12.4. The lowest BCUT2D eigenvalue weighted by molar-refractivity contribution is -0.126. The van der Waals surface area contributed by atoms with Crippen molar-refractivity contribution in [1.82, 2.24) is 15.5 Å². The van der Waals surface area contributed by atoms with Gasteiger partial charge in [0.15, 0.2) is 0 Å². The van der Waals surface area contributed by atoms with Crippen LogP contribution in [-0.2, 0) is 9.53 Å². The summed E-state index contributed by atoms with van der Waals surface area (Å²) in [6, 6.07) is 9.82. The number of alkyl carbamates (subject to hydrolysis) is 1. The number of rotatable bonds is 9. The number of nitrogens with one attached hydrogen (secondary N) is 2. The number of hydrogen-bond acceptors (Lipinski definition) is 5. The van der Waals surface area contributed by atoms with Crippen molar-refractivity contribution in [1.29, 1.82) is 0 Å². The van der Waals surface area contributed by atoms with E-state index in [0.29, 0.717) is 19.7 Å². The fraction of sp³-hybridized carbons (Fsp3) is 0.636. The van der Waals surface area contributed by atoms with E-state index >= 15 is 0 Å². The third-order valence-corrected chi connectivity index (χ3v) is 4.60. The first-order valence-electron chi connectivity index (χ1n) is 10.5. The molecule has 162 valence electrons. The lowest BCUT2D eigenvalue weighted by Gasteiger charge is -2.32. The van der Waals surface area contributed by atoms with Gasteiger partial charge in [0.2, 0.25) is 5.91 Å². The molecule has 0 bridgehead atoms. The number of hydrogen-bond donors (Lipinski definition) is 2. The minimum atomic E-state index is -0.523. The van der Waals surface area contributed by atoms with E-state index in [4.69, 9.17) is 9.47 Å². The number of piperidine rings is 1. The monoisotopic (exact) mass is 405 g/mol. The smallest absolute Gasteiger partial charge is 0.407 e. The molecule has 0 aliphatic carbocycles. The predicted molar refractivity (Wildman–Crippen MR) is 113 cm³/mol. The second kappa shape index (κ2) is 11.7. The summed E-state index contributed by atoms with van der Waals surface area (Å²) in [4.78, 5) is 26.4. The number of benzene rings is 1. The molecule has 0 saturated carbocycles. The summed E-state index contributed by atoms with van der Waals surface area (Å²) in [6.45, 7) is 9.61. The Balaban J connectivity index is 1.58.